The predicted molar refractivity (Wildman–Crippen MR) is 52.7 cm³/mol. The van der Waals surface area contributed by atoms with Crippen molar-refractivity contribution in [1.82, 2.24) is 4.90 Å². The minimum atomic E-state index is -1.03. The Labute approximate surface area is 87.1 Å². The van der Waals surface area contributed by atoms with Crippen molar-refractivity contribution in [3.05, 3.63) is 11.6 Å². The highest BCUT2D eigenvalue weighted by Gasteiger charge is 2.18. The summed E-state index contributed by atoms with van der Waals surface area (Å²) in [5.74, 6) is -0.345. The van der Waals surface area contributed by atoms with Crippen LogP contribution < -0.4 is 0 Å². The first-order chi connectivity index (χ1) is 5.49. The van der Waals surface area contributed by atoms with Crippen LogP contribution in [0, 0.1) is 0 Å². The molecule has 0 rings (SSSR count). The second-order valence-electron chi connectivity index (χ2n) is 2.17. The van der Waals surface area contributed by atoms with Gasteiger partial charge in [-0.1, -0.05) is 41.4 Å². The Morgan fingerprint density at radius 2 is 2.08 bits per heavy atom. The monoisotopic (exact) mass is 229 g/mol. The first-order valence-corrected chi connectivity index (χ1v) is 4.64. The third-order valence-electron chi connectivity index (χ3n) is 1.24. The standard InChI is InChI=1S/C7H10Cl3NO/c1-3-11(4-5(2)8)7(12)6(9)10/h6H,2-4H2,1H3. The molecule has 5 heteroatoms. The molecule has 0 saturated carbocycles. The van der Waals surface area contributed by atoms with Gasteiger partial charge in [0.1, 0.15) is 0 Å². The molecule has 0 aliphatic rings. The topological polar surface area (TPSA) is 20.3 Å². The van der Waals surface area contributed by atoms with Gasteiger partial charge in [0.15, 0.2) is 4.84 Å². The largest absolute Gasteiger partial charge is 0.335 e. The molecule has 0 fully saturated rings. The summed E-state index contributed by atoms with van der Waals surface area (Å²) in [6.45, 7) is 6.08. The molecule has 0 atom stereocenters. The van der Waals surface area contributed by atoms with Gasteiger partial charge in [-0.2, -0.15) is 0 Å². The van der Waals surface area contributed by atoms with E-state index in [0.717, 1.165) is 0 Å². The minimum Gasteiger partial charge on any atom is -0.335 e. The molecule has 0 aromatic rings. The third kappa shape index (κ3) is 4.19. The van der Waals surface area contributed by atoms with Gasteiger partial charge in [-0.25, -0.2) is 0 Å². The molecule has 0 aromatic heterocycles. The number of rotatable bonds is 4. The number of hydrogen-bond donors (Lipinski definition) is 0. The molecule has 0 aromatic carbocycles. The van der Waals surface area contributed by atoms with Crippen LogP contribution in [-0.2, 0) is 4.79 Å². The fourth-order valence-electron chi connectivity index (χ4n) is 0.691. The van der Waals surface area contributed by atoms with Crippen LogP contribution in [0.5, 0.6) is 0 Å². The molecule has 0 N–H and O–H groups in total. The number of hydrogen-bond acceptors (Lipinski definition) is 1. The molecule has 0 unspecified atom stereocenters. The van der Waals surface area contributed by atoms with E-state index in [2.05, 4.69) is 6.58 Å². The maximum atomic E-state index is 11.2. The van der Waals surface area contributed by atoms with Gasteiger partial charge in [0.2, 0.25) is 0 Å². The van der Waals surface area contributed by atoms with Gasteiger partial charge in [-0.05, 0) is 6.92 Å². The van der Waals surface area contributed by atoms with Crippen LogP contribution in [0.4, 0.5) is 0 Å². The van der Waals surface area contributed by atoms with Crippen molar-refractivity contribution in [2.45, 2.75) is 11.8 Å². The number of carbonyl (C=O) groups excluding carboxylic acids is 1. The van der Waals surface area contributed by atoms with Crippen molar-refractivity contribution >= 4 is 40.7 Å². The third-order valence-corrected chi connectivity index (χ3v) is 1.74. The van der Waals surface area contributed by atoms with Gasteiger partial charge in [-0.15, -0.1) is 0 Å². The van der Waals surface area contributed by atoms with Crippen LogP contribution in [0.3, 0.4) is 0 Å². The van der Waals surface area contributed by atoms with Crippen LogP contribution >= 0.6 is 34.8 Å². The zero-order valence-electron chi connectivity index (χ0n) is 6.69. The van der Waals surface area contributed by atoms with E-state index in [1.165, 1.54) is 4.90 Å². The molecule has 0 bridgehead atoms. The number of halogens is 3. The summed E-state index contributed by atoms with van der Waals surface area (Å²) in [4.78, 5) is 11.6. The van der Waals surface area contributed by atoms with E-state index in [-0.39, 0.29) is 12.5 Å². The van der Waals surface area contributed by atoms with E-state index >= 15 is 0 Å². The molecular formula is C7H10Cl3NO. The van der Waals surface area contributed by atoms with Crippen molar-refractivity contribution in [3.63, 3.8) is 0 Å². The Morgan fingerprint density at radius 3 is 2.33 bits per heavy atom. The predicted octanol–water partition coefficient (Wildman–Crippen LogP) is 2.39. The molecule has 0 heterocycles. The summed E-state index contributed by atoms with van der Waals surface area (Å²) in [7, 11) is 0. The van der Waals surface area contributed by atoms with Crippen LogP contribution in [0.1, 0.15) is 6.92 Å². The highest BCUT2D eigenvalue weighted by Crippen LogP contribution is 2.09. The maximum absolute atomic E-state index is 11.2. The normalized spacial score (nSPS) is 10.1. The van der Waals surface area contributed by atoms with Gasteiger partial charge in [0, 0.05) is 11.6 Å². The molecule has 0 aliphatic carbocycles. The van der Waals surface area contributed by atoms with E-state index in [4.69, 9.17) is 34.8 Å². The average molecular weight is 231 g/mol. The number of likely N-dealkylation sites (N-methyl/N-ethyl adjacent to an activating group) is 1. The summed E-state index contributed by atoms with van der Waals surface area (Å²) < 4.78 is 0. The smallest absolute Gasteiger partial charge is 0.256 e. The van der Waals surface area contributed by atoms with Gasteiger partial charge in [0.25, 0.3) is 5.91 Å². The summed E-state index contributed by atoms with van der Waals surface area (Å²) in [5.41, 5.74) is 0. The molecule has 0 aliphatic heterocycles. The Bertz CT molecular complexity index is 181. The first kappa shape index (κ1) is 12.1. The lowest BCUT2D eigenvalue weighted by Crippen LogP contribution is -2.35. The Hall–Kier alpha value is 0.0800. The Kier molecular flexibility index (Phi) is 5.72. The fourth-order valence-corrected chi connectivity index (χ4v) is 1.11. The molecule has 0 radical (unpaired) electrons. The quantitative estimate of drug-likeness (QED) is 0.679. The molecular weight excluding hydrogens is 220 g/mol. The molecule has 0 spiro atoms. The Morgan fingerprint density at radius 1 is 1.58 bits per heavy atom. The maximum Gasteiger partial charge on any atom is 0.256 e. The van der Waals surface area contributed by atoms with Gasteiger partial charge >= 0.3 is 0 Å². The van der Waals surface area contributed by atoms with Crippen LogP contribution in [0.2, 0.25) is 0 Å². The zero-order valence-corrected chi connectivity index (χ0v) is 8.96. The van der Waals surface area contributed by atoms with E-state index in [1.54, 1.807) is 0 Å². The second kappa shape index (κ2) is 5.68. The lowest BCUT2D eigenvalue weighted by molar-refractivity contribution is -0.128. The van der Waals surface area contributed by atoms with Crippen molar-refractivity contribution in [1.29, 1.82) is 0 Å². The van der Waals surface area contributed by atoms with Crippen LogP contribution in [0.25, 0.3) is 0 Å². The summed E-state index contributed by atoms with van der Waals surface area (Å²) in [6.07, 6.45) is 0. The van der Waals surface area contributed by atoms with Crippen molar-refractivity contribution in [2.75, 3.05) is 13.1 Å². The first-order valence-electron chi connectivity index (χ1n) is 3.39. The van der Waals surface area contributed by atoms with Crippen LogP contribution in [0.15, 0.2) is 11.6 Å². The SMILES string of the molecule is C=C(Cl)CN(CC)C(=O)C(Cl)Cl. The lowest BCUT2D eigenvalue weighted by atomic mass is 10.4. The van der Waals surface area contributed by atoms with Gasteiger partial charge in [-0.3, -0.25) is 4.79 Å². The number of nitrogens with zero attached hydrogens (tertiary/aromatic N) is 1. The highest BCUT2D eigenvalue weighted by atomic mass is 35.5. The van der Waals surface area contributed by atoms with E-state index in [9.17, 15) is 4.79 Å². The highest BCUT2D eigenvalue weighted by molar-refractivity contribution is 6.53. The minimum absolute atomic E-state index is 0.285. The summed E-state index contributed by atoms with van der Waals surface area (Å²) >= 11 is 16.3. The Balaban J connectivity index is 4.15. The van der Waals surface area contributed by atoms with E-state index in [1.807, 2.05) is 6.92 Å². The van der Waals surface area contributed by atoms with Crippen molar-refractivity contribution in [3.8, 4) is 0 Å². The number of carbonyl (C=O) groups is 1. The lowest BCUT2D eigenvalue weighted by Gasteiger charge is -2.20. The molecule has 0 saturated heterocycles. The number of amides is 1. The summed E-state index contributed by atoms with van der Waals surface area (Å²) in [6, 6.07) is 0. The molecule has 12 heavy (non-hydrogen) atoms. The molecule has 1 amide bonds. The van der Waals surface area contributed by atoms with E-state index < -0.39 is 4.84 Å². The fraction of sp³-hybridized carbons (Fsp3) is 0.571. The molecule has 2 nitrogen and oxygen atoms in total. The number of alkyl halides is 2. The van der Waals surface area contributed by atoms with E-state index in [0.29, 0.717) is 11.6 Å². The van der Waals surface area contributed by atoms with Crippen molar-refractivity contribution < 1.29 is 4.79 Å². The molecule has 70 valence electrons. The van der Waals surface area contributed by atoms with Gasteiger partial charge in [0.05, 0.1) is 6.54 Å². The van der Waals surface area contributed by atoms with Crippen LogP contribution in [-0.4, -0.2) is 28.7 Å². The average Bonchev–Trinajstić information content (AvgIpc) is 1.98. The van der Waals surface area contributed by atoms with Crippen molar-refractivity contribution in [2.24, 2.45) is 0 Å². The summed E-state index contributed by atoms with van der Waals surface area (Å²) in [5, 5.41) is 0.388. The van der Waals surface area contributed by atoms with Gasteiger partial charge < -0.3 is 4.90 Å². The zero-order chi connectivity index (χ0) is 9.72. The second-order valence-corrected chi connectivity index (χ2v) is 3.80.